The van der Waals surface area contributed by atoms with E-state index in [1.54, 1.807) is 7.11 Å². The minimum absolute atomic E-state index is 0.00985. The Morgan fingerprint density at radius 1 is 1.21 bits per heavy atom. The molecule has 0 aliphatic rings. The first-order valence-electron chi connectivity index (χ1n) is 7.43. The lowest BCUT2D eigenvalue weighted by atomic mass is 10.3. The molecule has 3 N–H and O–H groups in total. The smallest absolute Gasteiger partial charge is 0.241 e. The van der Waals surface area contributed by atoms with Crippen LogP contribution in [0.15, 0.2) is 29.2 Å². The quantitative estimate of drug-likeness (QED) is 0.556. The summed E-state index contributed by atoms with van der Waals surface area (Å²) in [6, 6.07) is 4.76. The Balaban J connectivity index is 2.64. The van der Waals surface area contributed by atoms with E-state index < -0.39 is 22.0 Å². The normalized spacial score (nSPS) is 12.5. The average Bonchev–Trinajstić information content (AvgIpc) is 2.51. The molecule has 0 bridgehead atoms. The molecule has 0 heterocycles. The Kier molecular flexibility index (Phi) is 7.83. The molecule has 0 fully saturated rings. The minimum atomic E-state index is -3.83. The predicted octanol–water partition coefficient (Wildman–Crippen LogP) is 0.465. The lowest BCUT2D eigenvalue weighted by molar-refractivity contribution is -0.122. The van der Waals surface area contributed by atoms with Crippen molar-refractivity contribution in [1.82, 2.24) is 10.0 Å². The zero-order valence-corrected chi connectivity index (χ0v) is 14.8. The van der Waals surface area contributed by atoms with E-state index in [-0.39, 0.29) is 10.8 Å². The molecule has 9 heteroatoms. The number of hydrogen-bond donors (Lipinski definition) is 3. The van der Waals surface area contributed by atoms with Gasteiger partial charge in [0.1, 0.15) is 0 Å². The summed E-state index contributed by atoms with van der Waals surface area (Å²) in [5, 5.41) is 5.18. The van der Waals surface area contributed by atoms with Gasteiger partial charge < -0.3 is 15.4 Å². The fourth-order valence-corrected chi connectivity index (χ4v) is 3.06. The third-order valence-electron chi connectivity index (χ3n) is 3.03. The van der Waals surface area contributed by atoms with Gasteiger partial charge in [0.15, 0.2) is 0 Å². The number of amides is 2. The van der Waals surface area contributed by atoms with Crippen molar-refractivity contribution in [2.24, 2.45) is 0 Å². The molecule has 1 atom stereocenters. The van der Waals surface area contributed by atoms with Gasteiger partial charge in [-0.1, -0.05) is 0 Å². The summed E-state index contributed by atoms with van der Waals surface area (Å²) < 4.78 is 31.7. The van der Waals surface area contributed by atoms with Crippen molar-refractivity contribution in [3.63, 3.8) is 0 Å². The van der Waals surface area contributed by atoms with Crippen molar-refractivity contribution in [3.05, 3.63) is 24.3 Å². The summed E-state index contributed by atoms with van der Waals surface area (Å²) >= 11 is 0. The summed E-state index contributed by atoms with van der Waals surface area (Å²) in [5.41, 5.74) is 0.491. The van der Waals surface area contributed by atoms with Gasteiger partial charge in [-0.05, 0) is 37.6 Å². The summed E-state index contributed by atoms with van der Waals surface area (Å²) in [5.74, 6) is -0.660. The Labute approximate surface area is 142 Å². The van der Waals surface area contributed by atoms with E-state index in [0.717, 1.165) is 0 Å². The SMILES string of the molecule is COCCCNC(=O)[C@H](C)NS(=O)(=O)c1ccc(NC(C)=O)cc1. The molecule has 0 saturated heterocycles. The topological polar surface area (TPSA) is 114 Å². The maximum Gasteiger partial charge on any atom is 0.241 e. The summed E-state index contributed by atoms with van der Waals surface area (Å²) in [6.07, 6.45) is 0.645. The Bertz CT molecular complexity index is 658. The first-order chi connectivity index (χ1) is 11.3. The summed E-state index contributed by atoms with van der Waals surface area (Å²) in [6.45, 7) is 3.75. The van der Waals surface area contributed by atoms with Gasteiger partial charge in [0, 0.05) is 32.9 Å². The van der Waals surface area contributed by atoms with Crippen LogP contribution in [-0.4, -0.2) is 46.5 Å². The molecule has 1 aromatic carbocycles. The van der Waals surface area contributed by atoms with Crippen LogP contribution in [0, 0.1) is 0 Å². The number of nitrogens with one attached hydrogen (secondary N) is 3. The number of rotatable bonds is 9. The zero-order valence-electron chi connectivity index (χ0n) is 14.0. The fraction of sp³-hybridized carbons (Fsp3) is 0.467. The molecule has 0 spiro atoms. The van der Waals surface area contributed by atoms with E-state index in [0.29, 0.717) is 25.3 Å². The fourth-order valence-electron chi connectivity index (χ4n) is 1.86. The number of carbonyl (C=O) groups is 2. The molecule has 24 heavy (non-hydrogen) atoms. The Morgan fingerprint density at radius 3 is 2.38 bits per heavy atom. The number of sulfonamides is 1. The lowest BCUT2D eigenvalue weighted by Gasteiger charge is -2.14. The van der Waals surface area contributed by atoms with Crippen molar-refractivity contribution in [3.8, 4) is 0 Å². The number of hydrogen-bond acceptors (Lipinski definition) is 5. The first kappa shape index (κ1) is 20.1. The minimum Gasteiger partial charge on any atom is -0.385 e. The van der Waals surface area contributed by atoms with Crippen LogP contribution in [0.25, 0.3) is 0 Å². The molecular weight excluding hydrogens is 334 g/mol. The van der Waals surface area contributed by atoms with Crippen LogP contribution >= 0.6 is 0 Å². The number of anilines is 1. The van der Waals surface area contributed by atoms with E-state index in [1.165, 1.54) is 38.1 Å². The van der Waals surface area contributed by atoms with Crippen molar-refractivity contribution in [2.45, 2.75) is 31.2 Å². The molecule has 134 valence electrons. The third-order valence-corrected chi connectivity index (χ3v) is 4.59. The molecule has 1 aromatic rings. The van der Waals surface area contributed by atoms with Gasteiger partial charge in [0.25, 0.3) is 0 Å². The number of benzene rings is 1. The summed E-state index contributed by atoms with van der Waals surface area (Å²) in [7, 11) is -2.27. The number of ether oxygens (including phenoxy) is 1. The van der Waals surface area contributed by atoms with Crippen molar-refractivity contribution < 1.29 is 22.7 Å². The van der Waals surface area contributed by atoms with Crippen LogP contribution in [0.5, 0.6) is 0 Å². The highest BCUT2D eigenvalue weighted by atomic mass is 32.2. The van der Waals surface area contributed by atoms with E-state index in [9.17, 15) is 18.0 Å². The van der Waals surface area contributed by atoms with E-state index >= 15 is 0 Å². The second-order valence-corrected chi connectivity index (χ2v) is 6.90. The first-order valence-corrected chi connectivity index (χ1v) is 8.91. The molecule has 0 radical (unpaired) electrons. The molecule has 8 nitrogen and oxygen atoms in total. The monoisotopic (exact) mass is 357 g/mol. The van der Waals surface area contributed by atoms with Gasteiger partial charge in [-0.3, -0.25) is 9.59 Å². The van der Waals surface area contributed by atoms with E-state index in [1.807, 2.05) is 0 Å². The number of carbonyl (C=O) groups excluding carboxylic acids is 2. The second kappa shape index (κ2) is 9.36. The second-order valence-electron chi connectivity index (χ2n) is 5.19. The highest BCUT2D eigenvalue weighted by Crippen LogP contribution is 2.14. The van der Waals surface area contributed by atoms with Gasteiger partial charge in [0.2, 0.25) is 21.8 Å². The van der Waals surface area contributed by atoms with Crippen LogP contribution in [-0.2, 0) is 24.3 Å². The van der Waals surface area contributed by atoms with Crippen LogP contribution in [0.2, 0.25) is 0 Å². The summed E-state index contributed by atoms with van der Waals surface area (Å²) in [4.78, 5) is 22.8. The van der Waals surface area contributed by atoms with E-state index in [4.69, 9.17) is 4.74 Å². The molecule has 2 amide bonds. The van der Waals surface area contributed by atoms with E-state index in [2.05, 4.69) is 15.4 Å². The largest absolute Gasteiger partial charge is 0.385 e. The van der Waals surface area contributed by atoms with Gasteiger partial charge in [-0.25, -0.2) is 8.42 Å². The van der Waals surface area contributed by atoms with Crippen molar-refractivity contribution in [2.75, 3.05) is 25.6 Å². The van der Waals surface area contributed by atoms with Crippen molar-refractivity contribution in [1.29, 1.82) is 0 Å². The van der Waals surface area contributed by atoms with Crippen LogP contribution < -0.4 is 15.4 Å². The lowest BCUT2D eigenvalue weighted by Crippen LogP contribution is -2.45. The molecule has 0 aliphatic heterocycles. The molecular formula is C15H23N3O5S. The molecule has 0 unspecified atom stereocenters. The highest BCUT2D eigenvalue weighted by Gasteiger charge is 2.21. The standard InChI is InChI=1S/C15H23N3O5S/c1-11(15(20)16-9-4-10-23-3)18-24(21,22)14-7-5-13(6-8-14)17-12(2)19/h5-8,11,18H,4,9-10H2,1-3H3,(H,16,20)(H,17,19)/t11-/m0/s1. The Morgan fingerprint density at radius 2 is 1.83 bits per heavy atom. The molecule has 0 aromatic heterocycles. The molecule has 0 saturated carbocycles. The Hall–Kier alpha value is -1.97. The predicted molar refractivity (Wildman–Crippen MR) is 90.0 cm³/mol. The van der Waals surface area contributed by atoms with Crippen LogP contribution in [0.4, 0.5) is 5.69 Å². The third kappa shape index (κ3) is 6.65. The van der Waals surface area contributed by atoms with Gasteiger partial charge in [-0.2, -0.15) is 4.72 Å². The molecule has 1 rings (SSSR count). The maximum absolute atomic E-state index is 12.3. The van der Waals surface area contributed by atoms with Gasteiger partial charge in [-0.15, -0.1) is 0 Å². The van der Waals surface area contributed by atoms with Crippen LogP contribution in [0.3, 0.4) is 0 Å². The maximum atomic E-state index is 12.3. The van der Waals surface area contributed by atoms with Crippen molar-refractivity contribution >= 4 is 27.5 Å². The molecule has 0 aliphatic carbocycles. The zero-order chi connectivity index (χ0) is 18.2. The number of methoxy groups -OCH3 is 1. The highest BCUT2D eigenvalue weighted by molar-refractivity contribution is 7.89. The average molecular weight is 357 g/mol. The van der Waals surface area contributed by atoms with Crippen LogP contribution in [0.1, 0.15) is 20.3 Å². The van der Waals surface area contributed by atoms with Gasteiger partial charge in [0.05, 0.1) is 10.9 Å². The van der Waals surface area contributed by atoms with Gasteiger partial charge >= 0.3 is 0 Å².